The number of aromatic nitrogens is 4. The monoisotopic (exact) mass is 244 g/mol. The van der Waals surface area contributed by atoms with Crippen LogP contribution in [0.15, 0.2) is 23.1 Å². The lowest BCUT2D eigenvalue weighted by Gasteiger charge is -2.04. The lowest BCUT2D eigenvalue weighted by atomic mass is 10.3. The highest BCUT2D eigenvalue weighted by molar-refractivity contribution is 6.02. The van der Waals surface area contributed by atoms with Gasteiger partial charge in [-0.25, -0.2) is 5.10 Å². The summed E-state index contributed by atoms with van der Waals surface area (Å²) in [6, 6.07) is 4.39. The van der Waals surface area contributed by atoms with Gasteiger partial charge < -0.3 is 5.32 Å². The van der Waals surface area contributed by atoms with Gasteiger partial charge in [-0.05, 0) is 6.07 Å². The van der Waals surface area contributed by atoms with Crippen molar-refractivity contribution in [3.05, 3.63) is 39.9 Å². The van der Waals surface area contributed by atoms with Crippen molar-refractivity contribution in [2.24, 2.45) is 7.05 Å². The number of nitrogens with one attached hydrogen (secondary N) is 2. The molecular weight excluding hydrogens is 236 g/mol. The minimum atomic E-state index is -0.536. The highest BCUT2D eigenvalue weighted by Crippen LogP contribution is 2.13. The van der Waals surface area contributed by atoms with Crippen LogP contribution in [-0.2, 0) is 7.05 Å². The third-order valence-corrected chi connectivity index (χ3v) is 2.20. The molecule has 90 valence electrons. The van der Waals surface area contributed by atoms with E-state index in [0.717, 1.165) is 0 Å². The molecule has 2 aromatic rings. The van der Waals surface area contributed by atoms with Crippen LogP contribution in [0.5, 0.6) is 0 Å². The zero-order valence-electron chi connectivity index (χ0n) is 9.34. The highest BCUT2D eigenvalue weighted by atomic mass is 16.2. The predicted octanol–water partition coefficient (Wildman–Crippen LogP) is -0.373. The average molecular weight is 244 g/mol. The van der Waals surface area contributed by atoms with Gasteiger partial charge in [0, 0.05) is 13.1 Å². The molecule has 2 aromatic heterocycles. The maximum absolute atomic E-state index is 11.8. The molecule has 0 saturated carbocycles. The summed E-state index contributed by atoms with van der Waals surface area (Å²) in [5.74, 6) is -0.262. The second-order valence-electron chi connectivity index (χ2n) is 3.40. The zero-order valence-corrected chi connectivity index (χ0v) is 9.34. The Kier molecular flexibility index (Phi) is 2.89. The number of nitriles is 1. The molecule has 18 heavy (non-hydrogen) atoms. The summed E-state index contributed by atoms with van der Waals surface area (Å²) in [4.78, 5) is 22.6. The fourth-order valence-corrected chi connectivity index (χ4v) is 1.31. The highest BCUT2D eigenvalue weighted by Gasteiger charge is 2.14. The molecule has 0 aliphatic rings. The number of nitrogens with zero attached hydrogens (tertiary/aromatic N) is 4. The fraction of sp³-hybridized carbons (Fsp3) is 0.100. The summed E-state index contributed by atoms with van der Waals surface area (Å²) in [6.07, 6.45) is 1.34. The van der Waals surface area contributed by atoms with Gasteiger partial charge in [0.2, 0.25) is 0 Å². The molecule has 8 heteroatoms. The molecule has 1 amide bonds. The Morgan fingerprint density at radius 3 is 2.94 bits per heavy atom. The number of aryl methyl sites for hydroxylation is 1. The Morgan fingerprint density at radius 1 is 1.56 bits per heavy atom. The van der Waals surface area contributed by atoms with Crippen molar-refractivity contribution in [1.29, 1.82) is 5.26 Å². The van der Waals surface area contributed by atoms with Crippen molar-refractivity contribution >= 4 is 11.7 Å². The number of hydrogen-bond donors (Lipinski definition) is 2. The summed E-state index contributed by atoms with van der Waals surface area (Å²) in [7, 11) is 1.59. The number of hydrogen-bond acceptors (Lipinski definition) is 5. The van der Waals surface area contributed by atoms with E-state index in [2.05, 4.69) is 20.6 Å². The Labute approximate surface area is 101 Å². The van der Waals surface area contributed by atoms with E-state index in [9.17, 15) is 9.59 Å². The van der Waals surface area contributed by atoms with E-state index < -0.39 is 11.5 Å². The number of carbonyl (C=O) groups excluding carboxylic acids is 1. The fourth-order valence-electron chi connectivity index (χ4n) is 1.31. The molecule has 0 fully saturated rings. The van der Waals surface area contributed by atoms with E-state index in [-0.39, 0.29) is 17.1 Å². The normalized spacial score (nSPS) is 9.78. The van der Waals surface area contributed by atoms with Crippen molar-refractivity contribution < 1.29 is 4.79 Å². The first-order valence-electron chi connectivity index (χ1n) is 4.91. The first kappa shape index (κ1) is 11.5. The van der Waals surface area contributed by atoms with Crippen molar-refractivity contribution in [2.75, 3.05) is 5.32 Å². The van der Waals surface area contributed by atoms with E-state index in [4.69, 9.17) is 5.26 Å². The van der Waals surface area contributed by atoms with Gasteiger partial charge in [0.1, 0.15) is 23.1 Å². The maximum Gasteiger partial charge on any atom is 0.277 e. The molecule has 2 heterocycles. The molecular formula is C10H8N6O2. The van der Waals surface area contributed by atoms with Gasteiger partial charge in [-0.3, -0.25) is 14.3 Å². The summed E-state index contributed by atoms with van der Waals surface area (Å²) in [6.45, 7) is 0. The molecule has 0 aliphatic heterocycles. The molecule has 0 spiro atoms. The molecule has 0 radical (unpaired) electrons. The minimum Gasteiger partial charge on any atom is -0.304 e. The van der Waals surface area contributed by atoms with Crippen LogP contribution in [0.25, 0.3) is 0 Å². The van der Waals surface area contributed by atoms with Crippen LogP contribution in [0.2, 0.25) is 0 Å². The quantitative estimate of drug-likeness (QED) is 0.747. The van der Waals surface area contributed by atoms with E-state index in [0.29, 0.717) is 0 Å². The van der Waals surface area contributed by atoms with Gasteiger partial charge in [0.15, 0.2) is 0 Å². The van der Waals surface area contributed by atoms with Crippen LogP contribution < -0.4 is 10.9 Å². The molecule has 0 bridgehead atoms. The van der Waals surface area contributed by atoms with Crippen LogP contribution in [0.1, 0.15) is 16.1 Å². The lowest BCUT2D eigenvalue weighted by molar-refractivity contribution is 0.102. The predicted molar refractivity (Wildman–Crippen MR) is 60.7 cm³/mol. The largest absolute Gasteiger partial charge is 0.304 e. The van der Waals surface area contributed by atoms with Crippen molar-refractivity contribution in [1.82, 2.24) is 20.0 Å². The van der Waals surface area contributed by atoms with Crippen LogP contribution in [0.3, 0.4) is 0 Å². The molecule has 0 aromatic carbocycles. The minimum absolute atomic E-state index is 0.0414. The van der Waals surface area contributed by atoms with Gasteiger partial charge in [-0.2, -0.15) is 15.5 Å². The van der Waals surface area contributed by atoms with E-state index in [1.165, 1.54) is 23.0 Å². The second-order valence-corrected chi connectivity index (χ2v) is 3.40. The maximum atomic E-state index is 11.8. The average Bonchev–Trinajstić information content (AvgIpc) is 2.71. The molecule has 0 aliphatic carbocycles. The van der Waals surface area contributed by atoms with Crippen molar-refractivity contribution in [3.8, 4) is 6.07 Å². The lowest BCUT2D eigenvalue weighted by Crippen LogP contribution is -2.19. The Balaban J connectivity index is 2.27. The SMILES string of the molecule is Cn1ncc(C#N)c1NC(=O)c1ccc(=O)[nH]n1. The molecule has 8 nitrogen and oxygen atoms in total. The van der Waals surface area contributed by atoms with Gasteiger partial charge in [-0.1, -0.05) is 0 Å². The van der Waals surface area contributed by atoms with Gasteiger partial charge in [0.25, 0.3) is 11.5 Å². The standard InChI is InChI=1S/C10H8N6O2/c1-16-9(6(4-11)5-12-16)13-10(18)7-2-3-8(17)15-14-7/h2-3,5H,1H3,(H,13,18)(H,15,17). The summed E-state index contributed by atoms with van der Waals surface area (Å²) < 4.78 is 1.36. The number of amides is 1. The topological polar surface area (TPSA) is 116 Å². The molecule has 2 N–H and O–H groups in total. The Bertz CT molecular complexity index is 673. The number of carbonyl (C=O) groups is 1. The molecule has 0 saturated heterocycles. The number of H-pyrrole nitrogens is 1. The van der Waals surface area contributed by atoms with Crippen LogP contribution in [0, 0.1) is 11.3 Å². The van der Waals surface area contributed by atoms with E-state index in [1.807, 2.05) is 6.07 Å². The summed E-state index contributed by atoms with van der Waals surface area (Å²) >= 11 is 0. The number of anilines is 1. The van der Waals surface area contributed by atoms with E-state index >= 15 is 0 Å². The van der Waals surface area contributed by atoms with E-state index in [1.54, 1.807) is 7.05 Å². The van der Waals surface area contributed by atoms with Crippen LogP contribution in [0.4, 0.5) is 5.82 Å². The second kappa shape index (κ2) is 4.50. The Morgan fingerprint density at radius 2 is 2.33 bits per heavy atom. The molecule has 0 atom stereocenters. The summed E-state index contributed by atoms with van der Waals surface area (Å²) in [5, 5.41) is 20.9. The number of rotatable bonds is 2. The van der Waals surface area contributed by atoms with Gasteiger partial charge in [-0.15, -0.1) is 0 Å². The third kappa shape index (κ3) is 2.10. The van der Waals surface area contributed by atoms with Crippen LogP contribution in [-0.4, -0.2) is 25.9 Å². The molecule has 0 unspecified atom stereocenters. The smallest absolute Gasteiger partial charge is 0.277 e. The zero-order chi connectivity index (χ0) is 13.1. The summed E-state index contributed by atoms with van der Waals surface area (Å²) in [5.41, 5.74) is -0.111. The van der Waals surface area contributed by atoms with Gasteiger partial charge in [0.05, 0.1) is 6.20 Å². The van der Waals surface area contributed by atoms with Crippen molar-refractivity contribution in [2.45, 2.75) is 0 Å². The first-order valence-corrected chi connectivity index (χ1v) is 4.91. The molecule has 2 rings (SSSR count). The first-order chi connectivity index (χ1) is 8.61. The van der Waals surface area contributed by atoms with Crippen LogP contribution >= 0.6 is 0 Å². The van der Waals surface area contributed by atoms with Gasteiger partial charge >= 0.3 is 0 Å². The number of aromatic amines is 1. The third-order valence-electron chi connectivity index (χ3n) is 2.20. The Hall–Kier alpha value is -2.95. The van der Waals surface area contributed by atoms with Crippen molar-refractivity contribution in [3.63, 3.8) is 0 Å².